The minimum atomic E-state index is 0.232. The Bertz CT molecular complexity index is 565. The number of hydrogen-bond acceptors (Lipinski definition) is 4. The van der Waals surface area contributed by atoms with Crippen molar-refractivity contribution in [1.82, 2.24) is 15.2 Å². The third kappa shape index (κ3) is 4.10. The summed E-state index contributed by atoms with van der Waals surface area (Å²) in [4.78, 5) is 1.28. The fraction of sp³-hybridized carbons (Fsp3) is 0.400. The monoisotopic (exact) mass is 290 g/mol. The average molecular weight is 290 g/mol. The van der Waals surface area contributed by atoms with Gasteiger partial charge >= 0.3 is 0 Å². The van der Waals surface area contributed by atoms with E-state index < -0.39 is 0 Å². The van der Waals surface area contributed by atoms with Crippen LogP contribution in [0.2, 0.25) is 0 Å². The summed E-state index contributed by atoms with van der Waals surface area (Å²) in [5.41, 5.74) is 6.45. The maximum absolute atomic E-state index is 5.68. The van der Waals surface area contributed by atoms with Gasteiger partial charge in [0.25, 0.3) is 0 Å². The van der Waals surface area contributed by atoms with E-state index in [4.69, 9.17) is 5.84 Å². The molecule has 1 atom stereocenters. The van der Waals surface area contributed by atoms with Crippen molar-refractivity contribution in [3.8, 4) is 0 Å². The van der Waals surface area contributed by atoms with Gasteiger partial charge in [0.2, 0.25) is 0 Å². The smallest absolute Gasteiger partial charge is 0.0596 e. The van der Waals surface area contributed by atoms with Crippen molar-refractivity contribution in [1.29, 1.82) is 0 Å². The highest BCUT2D eigenvalue weighted by Gasteiger charge is 2.12. The van der Waals surface area contributed by atoms with Crippen LogP contribution in [0.5, 0.6) is 0 Å². The van der Waals surface area contributed by atoms with Crippen LogP contribution < -0.4 is 11.3 Å². The van der Waals surface area contributed by atoms with Gasteiger partial charge in [0, 0.05) is 35.9 Å². The van der Waals surface area contributed by atoms with Crippen LogP contribution in [0.1, 0.15) is 17.0 Å². The van der Waals surface area contributed by atoms with E-state index >= 15 is 0 Å². The van der Waals surface area contributed by atoms with Crippen molar-refractivity contribution < 1.29 is 0 Å². The van der Waals surface area contributed by atoms with Gasteiger partial charge < -0.3 is 0 Å². The first-order valence-corrected chi connectivity index (χ1v) is 7.72. The molecule has 2 rings (SSSR count). The van der Waals surface area contributed by atoms with Gasteiger partial charge in [-0.05, 0) is 32.0 Å². The third-order valence-electron chi connectivity index (χ3n) is 3.23. The minimum absolute atomic E-state index is 0.232. The SMILES string of the molecule is Cc1cccc(SCC(Cc2cc(C)nn2C)NN)c1. The number of hydrogen-bond donors (Lipinski definition) is 2. The maximum Gasteiger partial charge on any atom is 0.0596 e. The van der Waals surface area contributed by atoms with Crippen molar-refractivity contribution in [3.63, 3.8) is 0 Å². The van der Waals surface area contributed by atoms with Crippen LogP contribution in [0.25, 0.3) is 0 Å². The lowest BCUT2D eigenvalue weighted by atomic mass is 10.2. The lowest BCUT2D eigenvalue weighted by molar-refractivity contribution is 0.551. The molecule has 0 bridgehead atoms. The van der Waals surface area contributed by atoms with Crippen LogP contribution in [0.15, 0.2) is 35.2 Å². The number of nitrogens with two attached hydrogens (primary N) is 1. The molecule has 0 fully saturated rings. The molecule has 20 heavy (non-hydrogen) atoms. The highest BCUT2D eigenvalue weighted by Crippen LogP contribution is 2.20. The van der Waals surface area contributed by atoms with E-state index in [9.17, 15) is 0 Å². The van der Waals surface area contributed by atoms with Gasteiger partial charge in [-0.1, -0.05) is 17.7 Å². The number of aromatic nitrogens is 2. The Kier molecular flexibility index (Phi) is 5.23. The molecular weight excluding hydrogens is 268 g/mol. The summed E-state index contributed by atoms with van der Waals surface area (Å²) < 4.78 is 1.93. The van der Waals surface area contributed by atoms with Gasteiger partial charge in [-0.3, -0.25) is 16.0 Å². The van der Waals surface area contributed by atoms with E-state index in [-0.39, 0.29) is 6.04 Å². The molecule has 0 aliphatic heterocycles. The molecule has 3 N–H and O–H groups in total. The standard InChI is InChI=1S/C15H22N4S/c1-11-5-4-6-15(7-11)20-10-13(17-16)9-14-8-12(2)18-19(14)3/h4-8,13,17H,9-10,16H2,1-3H3. The minimum Gasteiger partial charge on any atom is -0.272 e. The summed E-state index contributed by atoms with van der Waals surface area (Å²) >= 11 is 1.83. The van der Waals surface area contributed by atoms with Crippen molar-refractivity contribution in [3.05, 3.63) is 47.3 Å². The second-order valence-corrected chi connectivity index (χ2v) is 6.19. The zero-order valence-electron chi connectivity index (χ0n) is 12.3. The van der Waals surface area contributed by atoms with Crippen molar-refractivity contribution in [2.24, 2.45) is 12.9 Å². The number of hydrazine groups is 1. The molecule has 108 valence electrons. The topological polar surface area (TPSA) is 55.9 Å². The second-order valence-electron chi connectivity index (χ2n) is 5.10. The summed E-state index contributed by atoms with van der Waals surface area (Å²) in [7, 11) is 1.98. The quantitative estimate of drug-likeness (QED) is 0.486. The molecule has 0 amide bonds. The van der Waals surface area contributed by atoms with Gasteiger partial charge in [-0.2, -0.15) is 5.10 Å². The van der Waals surface area contributed by atoms with Crippen LogP contribution in [0.3, 0.4) is 0 Å². The first-order valence-electron chi connectivity index (χ1n) is 6.73. The summed E-state index contributed by atoms with van der Waals surface area (Å²) in [6.07, 6.45) is 0.882. The van der Waals surface area contributed by atoms with Gasteiger partial charge in [0.1, 0.15) is 0 Å². The van der Waals surface area contributed by atoms with E-state index in [0.29, 0.717) is 0 Å². The van der Waals surface area contributed by atoms with E-state index in [0.717, 1.165) is 17.9 Å². The van der Waals surface area contributed by atoms with Gasteiger partial charge in [-0.15, -0.1) is 11.8 Å². The molecule has 0 radical (unpaired) electrons. The second kappa shape index (κ2) is 6.92. The summed E-state index contributed by atoms with van der Waals surface area (Å²) in [6.45, 7) is 4.12. The molecular formula is C15H22N4S. The molecule has 0 saturated carbocycles. The van der Waals surface area contributed by atoms with Crippen LogP contribution in [0.4, 0.5) is 0 Å². The highest BCUT2D eigenvalue weighted by molar-refractivity contribution is 7.99. The molecule has 0 aliphatic carbocycles. The Morgan fingerprint density at radius 3 is 2.75 bits per heavy atom. The molecule has 0 spiro atoms. The molecule has 1 heterocycles. The van der Waals surface area contributed by atoms with Gasteiger partial charge in [0.05, 0.1) is 5.69 Å². The number of nitrogens with one attached hydrogen (secondary N) is 1. The predicted octanol–water partition coefficient (Wildman–Crippen LogP) is 2.20. The maximum atomic E-state index is 5.68. The summed E-state index contributed by atoms with van der Waals surface area (Å²) in [6, 6.07) is 10.9. The van der Waals surface area contributed by atoms with E-state index in [1.807, 2.05) is 30.4 Å². The number of thioether (sulfide) groups is 1. The Morgan fingerprint density at radius 2 is 2.15 bits per heavy atom. The highest BCUT2D eigenvalue weighted by atomic mass is 32.2. The number of aryl methyl sites for hydroxylation is 3. The van der Waals surface area contributed by atoms with Crippen LogP contribution >= 0.6 is 11.8 Å². The van der Waals surface area contributed by atoms with E-state index in [2.05, 4.69) is 47.8 Å². The number of nitrogens with zero attached hydrogens (tertiary/aromatic N) is 2. The first-order chi connectivity index (χ1) is 9.58. The molecule has 1 aromatic carbocycles. The normalized spacial score (nSPS) is 12.6. The van der Waals surface area contributed by atoms with E-state index in [1.165, 1.54) is 16.2 Å². The van der Waals surface area contributed by atoms with Gasteiger partial charge in [0.15, 0.2) is 0 Å². The zero-order valence-corrected chi connectivity index (χ0v) is 13.1. The Morgan fingerprint density at radius 1 is 1.35 bits per heavy atom. The average Bonchev–Trinajstić information content (AvgIpc) is 2.72. The molecule has 4 nitrogen and oxygen atoms in total. The van der Waals surface area contributed by atoms with Crippen LogP contribution in [-0.4, -0.2) is 21.6 Å². The lowest BCUT2D eigenvalue weighted by Gasteiger charge is -2.15. The van der Waals surface area contributed by atoms with Crippen LogP contribution in [-0.2, 0) is 13.5 Å². The van der Waals surface area contributed by atoms with Crippen molar-refractivity contribution >= 4 is 11.8 Å². The zero-order chi connectivity index (χ0) is 14.5. The molecule has 0 saturated heterocycles. The number of benzene rings is 1. The lowest BCUT2D eigenvalue weighted by Crippen LogP contribution is -2.39. The molecule has 0 aliphatic rings. The molecule has 1 aromatic heterocycles. The summed E-state index contributed by atoms with van der Waals surface area (Å²) in [5, 5.41) is 4.37. The van der Waals surface area contributed by atoms with Crippen molar-refractivity contribution in [2.75, 3.05) is 5.75 Å². The Balaban J connectivity index is 1.94. The Labute approximate surface area is 124 Å². The fourth-order valence-electron chi connectivity index (χ4n) is 2.18. The summed E-state index contributed by atoms with van der Waals surface area (Å²) in [5.74, 6) is 6.61. The van der Waals surface area contributed by atoms with E-state index in [1.54, 1.807) is 0 Å². The van der Waals surface area contributed by atoms with Crippen molar-refractivity contribution in [2.45, 2.75) is 31.2 Å². The number of rotatable bonds is 6. The molecule has 2 aromatic rings. The first kappa shape index (κ1) is 15.1. The molecule has 1 unspecified atom stereocenters. The third-order valence-corrected chi connectivity index (χ3v) is 4.39. The fourth-order valence-corrected chi connectivity index (χ4v) is 3.23. The molecule has 5 heteroatoms. The Hall–Kier alpha value is -1.30. The van der Waals surface area contributed by atoms with Crippen LogP contribution in [0, 0.1) is 13.8 Å². The predicted molar refractivity (Wildman–Crippen MR) is 84.7 cm³/mol. The largest absolute Gasteiger partial charge is 0.272 e. The van der Waals surface area contributed by atoms with Gasteiger partial charge in [-0.25, -0.2) is 0 Å².